The van der Waals surface area contributed by atoms with Gasteiger partial charge in [0, 0.05) is 6.08 Å². The van der Waals surface area contributed by atoms with E-state index in [1.807, 2.05) is 31.2 Å². The van der Waals surface area contributed by atoms with E-state index >= 15 is 0 Å². The first-order chi connectivity index (χ1) is 6.79. The predicted molar refractivity (Wildman–Crippen MR) is 60.3 cm³/mol. The molecular weight excluding hydrogens is 194 g/mol. The Kier molecular flexibility index (Phi) is 2.50. The Bertz CT molecular complexity index is 440. The van der Waals surface area contributed by atoms with Crippen molar-refractivity contribution in [1.82, 2.24) is 4.98 Å². The molecule has 1 aromatic heterocycles. The number of nitrogens with zero attached hydrogens (tertiary/aromatic N) is 1. The highest BCUT2D eigenvalue weighted by Gasteiger charge is 2.00. The van der Waals surface area contributed by atoms with E-state index in [2.05, 4.69) is 11.1 Å². The SMILES string of the molecule is COC(C)=Cc1nc2ccccc2s1. The molecule has 14 heavy (non-hydrogen) atoms. The van der Waals surface area contributed by atoms with Crippen LogP contribution in [0, 0.1) is 0 Å². The molecule has 0 aliphatic heterocycles. The summed E-state index contributed by atoms with van der Waals surface area (Å²) in [5.74, 6) is 0.879. The van der Waals surface area contributed by atoms with Crippen LogP contribution >= 0.6 is 11.3 Å². The van der Waals surface area contributed by atoms with Crippen LogP contribution < -0.4 is 0 Å². The van der Waals surface area contributed by atoms with Gasteiger partial charge in [-0.2, -0.15) is 0 Å². The van der Waals surface area contributed by atoms with Crippen molar-refractivity contribution in [2.45, 2.75) is 6.92 Å². The van der Waals surface area contributed by atoms with Gasteiger partial charge in [-0.15, -0.1) is 11.3 Å². The number of methoxy groups -OCH3 is 1. The lowest BCUT2D eigenvalue weighted by Crippen LogP contribution is -1.78. The fraction of sp³-hybridized carbons (Fsp3) is 0.182. The molecule has 2 rings (SSSR count). The summed E-state index contributed by atoms with van der Waals surface area (Å²) in [4.78, 5) is 4.46. The molecule has 2 nitrogen and oxygen atoms in total. The molecule has 0 unspecified atom stereocenters. The average Bonchev–Trinajstić information content (AvgIpc) is 2.59. The van der Waals surface area contributed by atoms with Gasteiger partial charge in [0.2, 0.25) is 0 Å². The first-order valence-corrected chi connectivity index (χ1v) is 5.19. The van der Waals surface area contributed by atoms with Crippen LogP contribution in [0.25, 0.3) is 16.3 Å². The number of thiazole rings is 1. The van der Waals surface area contributed by atoms with Gasteiger partial charge in [-0.25, -0.2) is 4.98 Å². The third-order valence-corrected chi connectivity index (χ3v) is 2.94. The minimum Gasteiger partial charge on any atom is -0.501 e. The zero-order valence-electron chi connectivity index (χ0n) is 8.15. The molecular formula is C11H11NOS. The molecule has 72 valence electrons. The fourth-order valence-corrected chi connectivity index (χ4v) is 2.14. The van der Waals surface area contributed by atoms with E-state index in [0.29, 0.717) is 0 Å². The summed E-state index contributed by atoms with van der Waals surface area (Å²) >= 11 is 1.67. The van der Waals surface area contributed by atoms with E-state index in [1.165, 1.54) is 4.70 Å². The number of hydrogen-bond acceptors (Lipinski definition) is 3. The summed E-state index contributed by atoms with van der Waals surface area (Å²) in [7, 11) is 1.67. The van der Waals surface area contributed by atoms with Crippen LogP contribution in [-0.4, -0.2) is 12.1 Å². The number of fused-ring (bicyclic) bond motifs is 1. The number of aromatic nitrogens is 1. The molecule has 0 radical (unpaired) electrons. The van der Waals surface area contributed by atoms with Gasteiger partial charge in [0.1, 0.15) is 5.01 Å². The van der Waals surface area contributed by atoms with E-state index in [9.17, 15) is 0 Å². The molecule has 0 N–H and O–H groups in total. The molecule has 0 fully saturated rings. The quantitative estimate of drug-likeness (QED) is 0.702. The van der Waals surface area contributed by atoms with Crippen molar-refractivity contribution < 1.29 is 4.74 Å². The zero-order chi connectivity index (χ0) is 9.97. The number of ether oxygens (including phenoxy) is 1. The van der Waals surface area contributed by atoms with Crippen LogP contribution in [0.5, 0.6) is 0 Å². The molecule has 0 aliphatic rings. The van der Waals surface area contributed by atoms with Gasteiger partial charge in [0.25, 0.3) is 0 Å². The Hall–Kier alpha value is -1.35. The van der Waals surface area contributed by atoms with Crippen LogP contribution in [-0.2, 0) is 4.74 Å². The number of hydrogen-bond donors (Lipinski definition) is 0. The molecule has 0 atom stereocenters. The molecule has 1 heterocycles. The second-order valence-corrected chi connectivity index (χ2v) is 4.04. The van der Waals surface area contributed by atoms with E-state index in [4.69, 9.17) is 4.74 Å². The van der Waals surface area contributed by atoms with Gasteiger partial charge in [-0.3, -0.25) is 0 Å². The minimum atomic E-state index is 0.879. The molecule has 0 saturated carbocycles. The number of benzene rings is 1. The van der Waals surface area contributed by atoms with Crippen LogP contribution in [0.4, 0.5) is 0 Å². The maximum atomic E-state index is 5.08. The van der Waals surface area contributed by atoms with Crippen LogP contribution in [0.1, 0.15) is 11.9 Å². The van der Waals surface area contributed by atoms with Gasteiger partial charge in [-0.1, -0.05) is 12.1 Å². The smallest absolute Gasteiger partial charge is 0.120 e. The Labute approximate surface area is 86.9 Å². The lowest BCUT2D eigenvalue weighted by molar-refractivity contribution is 0.297. The third-order valence-electron chi connectivity index (χ3n) is 1.96. The summed E-state index contributed by atoms with van der Waals surface area (Å²) in [5.41, 5.74) is 1.05. The van der Waals surface area contributed by atoms with Crippen molar-refractivity contribution in [3.05, 3.63) is 35.0 Å². The van der Waals surface area contributed by atoms with Gasteiger partial charge in [0.15, 0.2) is 0 Å². The highest BCUT2D eigenvalue weighted by Crippen LogP contribution is 2.23. The topological polar surface area (TPSA) is 22.1 Å². The summed E-state index contributed by atoms with van der Waals surface area (Å²) in [5, 5.41) is 0.991. The number of rotatable bonds is 2. The van der Waals surface area contributed by atoms with Crippen molar-refractivity contribution in [3.8, 4) is 0 Å². The Morgan fingerprint density at radius 3 is 2.93 bits per heavy atom. The normalized spacial score (nSPS) is 12.0. The van der Waals surface area contributed by atoms with Gasteiger partial charge < -0.3 is 4.74 Å². The van der Waals surface area contributed by atoms with Gasteiger partial charge in [-0.05, 0) is 19.1 Å². The van der Waals surface area contributed by atoms with E-state index in [-0.39, 0.29) is 0 Å². The Morgan fingerprint density at radius 1 is 1.43 bits per heavy atom. The maximum absolute atomic E-state index is 5.08. The van der Waals surface area contributed by atoms with Crippen LogP contribution in [0.15, 0.2) is 30.0 Å². The van der Waals surface area contributed by atoms with Crippen molar-refractivity contribution in [2.24, 2.45) is 0 Å². The van der Waals surface area contributed by atoms with Gasteiger partial charge in [0.05, 0.1) is 23.1 Å². The third kappa shape index (κ3) is 1.77. The Morgan fingerprint density at radius 2 is 2.21 bits per heavy atom. The van der Waals surface area contributed by atoms with E-state index in [0.717, 1.165) is 16.3 Å². The van der Waals surface area contributed by atoms with Crippen LogP contribution in [0.3, 0.4) is 0 Å². The van der Waals surface area contributed by atoms with E-state index < -0.39 is 0 Å². The summed E-state index contributed by atoms with van der Waals surface area (Å²) in [6, 6.07) is 8.12. The first kappa shape index (κ1) is 9.21. The molecule has 0 aliphatic carbocycles. The summed E-state index contributed by atoms with van der Waals surface area (Å²) in [6.07, 6.45) is 1.95. The maximum Gasteiger partial charge on any atom is 0.120 e. The monoisotopic (exact) mass is 205 g/mol. The largest absolute Gasteiger partial charge is 0.501 e. The molecule has 2 aromatic rings. The van der Waals surface area contributed by atoms with Crippen molar-refractivity contribution >= 4 is 27.6 Å². The summed E-state index contributed by atoms with van der Waals surface area (Å²) < 4.78 is 6.29. The lowest BCUT2D eigenvalue weighted by Gasteiger charge is -1.94. The number of allylic oxidation sites excluding steroid dienone is 1. The minimum absolute atomic E-state index is 0.879. The lowest BCUT2D eigenvalue weighted by atomic mass is 10.3. The predicted octanol–water partition coefficient (Wildman–Crippen LogP) is 3.30. The Balaban J connectivity index is 2.45. The second-order valence-electron chi connectivity index (χ2n) is 2.98. The molecule has 3 heteroatoms. The van der Waals surface area contributed by atoms with Crippen LogP contribution in [0.2, 0.25) is 0 Å². The highest BCUT2D eigenvalue weighted by molar-refractivity contribution is 7.19. The standard InChI is InChI=1S/C11H11NOS/c1-8(13-2)7-11-12-9-5-3-4-6-10(9)14-11/h3-7H,1-2H3. The zero-order valence-corrected chi connectivity index (χ0v) is 8.97. The molecule has 0 saturated heterocycles. The second kappa shape index (κ2) is 3.80. The van der Waals surface area contributed by atoms with E-state index in [1.54, 1.807) is 18.4 Å². The van der Waals surface area contributed by atoms with Crippen molar-refractivity contribution in [1.29, 1.82) is 0 Å². The highest BCUT2D eigenvalue weighted by atomic mass is 32.1. The average molecular weight is 205 g/mol. The number of para-hydroxylation sites is 1. The first-order valence-electron chi connectivity index (χ1n) is 4.37. The van der Waals surface area contributed by atoms with Crippen molar-refractivity contribution in [3.63, 3.8) is 0 Å². The molecule has 0 amide bonds. The van der Waals surface area contributed by atoms with Gasteiger partial charge >= 0.3 is 0 Å². The summed E-state index contributed by atoms with van der Waals surface area (Å²) in [6.45, 7) is 1.92. The fourth-order valence-electron chi connectivity index (χ4n) is 1.18. The molecule has 0 bridgehead atoms. The molecule has 1 aromatic carbocycles. The van der Waals surface area contributed by atoms with Crippen molar-refractivity contribution in [2.75, 3.05) is 7.11 Å². The molecule has 0 spiro atoms.